The summed E-state index contributed by atoms with van der Waals surface area (Å²) in [6, 6.07) is 13.5. The third-order valence-electron chi connectivity index (χ3n) is 6.55. The molecular weight excluding hydrogens is 506 g/mol. The maximum atomic E-state index is 12.3. The number of carbonyl (C=O) groups is 1. The van der Waals surface area contributed by atoms with E-state index in [2.05, 4.69) is 47.9 Å². The number of methoxy groups -OCH3 is 1. The van der Waals surface area contributed by atoms with Gasteiger partial charge in [-0.3, -0.25) is 14.5 Å². The van der Waals surface area contributed by atoms with Gasteiger partial charge in [0.25, 0.3) is 5.91 Å². The van der Waals surface area contributed by atoms with E-state index in [-0.39, 0.29) is 11.8 Å². The summed E-state index contributed by atoms with van der Waals surface area (Å²) in [5, 5.41) is 14.5. The van der Waals surface area contributed by atoms with Crippen molar-refractivity contribution in [2.75, 3.05) is 37.9 Å². The summed E-state index contributed by atoms with van der Waals surface area (Å²) in [6.45, 7) is 4.03. The summed E-state index contributed by atoms with van der Waals surface area (Å²) in [7, 11) is 3.30. The number of pyridine rings is 2. The zero-order chi connectivity index (χ0) is 27.9. The van der Waals surface area contributed by atoms with Crippen molar-refractivity contribution in [2.24, 2.45) is 0 Å². The largest absolute Gasteiger partial charge is 0.383 e. The number of hydrogen-bond donors (Lipinski definition) is 3. The lowest BCUT2D eigenvalue weighted by Gasteiger charge is -2.16. The molecule has 1 atom stereocenters. The SMILES string of the molecule is CNC(=O)c1ccnc2c([C@H](C)CNc3cc(-c4ccc(Nc5cnn(CCOC)c5)nc4)ncn3)cccc12. The molecule has 0 radical (unpaired) electrons. The lowest BCUT2D eigenvalue weighted by Crippen LogP contribution is -2.18. The van der Waals surface area contributed by atoms with Crippen LogP contribution in [-0.2, 0) is 11.3 Å². The highest BCUT2D eigenvalue weighted by Crippen LogP contribution is 2.27. The normalized spacial score (nSPS) is 11.8. The third-order valence-corrected chi connectivity index (χ3v) is 6.55. The molecule has 11 heteroatoms. The van der Waals surface area contributed by atoms with Crippen molar-refractivity contribution in [3.05, 3.63) is 84.7 Å². The first-order valence-corrected chi connectivity index (χ1v) is 13.0. The molecule has 204 valence electrons. The lowest BCUT2D eigenvalue weighted by atomic mass is 9.96. The molecule has 1 aromatic carbocycles. The van der Waals surface area contributed by atoms with Crippen LogP contribution in [0.25, 0.3) is 22.2 Å². The smallest absolute Gasteiger partial charge is 0.251 e. The van der Waals surface area contributed by atoms with E-state index < -0.39 is 0 Å². The van der Waals surface area contributed by atoms with Gasteiger partial charge in [-0.15, -0.1) is 0 Å². The average molecular weight is 538 g/mol. The molecule has 0 unspecified atom stereocenters. The number of fused-ring (bicyclic) bond motifs is 1. The van der Waals surface area contributed by atoms with Crippen LogP contribution in [0.1, 0.15) is 28.8 Å². The van der Waals surface area contributed by atoms with Crippen molar-refractivity contribution >= 4 is 34.1 Å². The van der Waals surface area contributed by atoms with E-state index in [1.54, 1.807) is 38.8 Å². The fraction of sp³-hybridized carbons (Fsp3) is 0.241. The Hall–Kier alpha value is -4.90. The Balaban J connectivity index is 1.25. The van der Waals surface area contributed by atoms with E-state index in [1.165, 1.54) is 6.33 Å². The molecular formula is C29H31N9O2. The average Bonchev–Trinajstić information content (AvgIpc) is 3.45. The molecule has 0 aliphatic heterocycles. The number of amides is 1. The second kappa shape index (κ2) is 12.3. The zero-order valence-corrected chi connectivity index (χ0v) is 22.6. The Morgan fingerprint density at radius 1 is 1.05 bits per heavy atom. The van der Waals surface area contributed by atoms with Gasteiger partial charge < -0.3 is 20.7 Å². The number of aromatic nitrogens is 6. The van der Waals surface area contributed by atoms with Crippen molar-refractivity contribution in [2.45, 2.75) is 19.4 Å². The number of anilines is 3. The van der Waals surface area contributed by atoms with Crippen molar-refractivity contribution < 1.29 is 9.53 Å². The van der Waals surface area contributed by atoms with Crippen LogP contribution in [0.15, 0.2) is 73.6 Å². The van der Waals surface area contributed by atoms with Gasteiger partial charge in [0, 0.05) is 62.2 Å². The first kappa shape index (κ1) is 26.7. The Bertz CT molecular complexity index is 1600. The van der Waals surface area contributed by atoms with E-state index in [0.29, 0.717) is 36.9 Å². The molecule has 0 bridgehead atoms. The van der Waals surface area contributed by atoms with Crippen LogP contribution in [0.3, 0.4) is 0 Å². The van der Waals surface area contributed by atoms with Crippen LogP contribution < -0.4 is 16.0 Å². The highest BCUT2D eigenvalue weighted by atomic mass is 16.5. The van der Waals surface area contributed by atoms with Gasteiger partial charge in [-0.25, -0.2) is 15.0 Å². The van der Waals surface area contributed by atoms with Gasteiger partial charge in [0.1, 0.15) is 18.0 Å². The van der Waals surface area contributed by atoms with Crippen LogP contribution in [0, 0.1) is 0 Å². The van der Waals surface area contributed by atoms with Crippen LogP contribution in [0.2, 0.25) is 0 Å². The Labute approximate surface area is 232 Å². The van der Waals surface area contributed by atoms with Gasteiger partial charge in [-0.2, -0.15) is 5.10 Å². The molecule has 0 saturated heterocycles. The number of carbonyl (C=O) groups excluding carboxylic acids is 1. The molecule has 0 aliphatic carbocycles. The molecule has 3 N–H and O–H groups in total. The summed E-state index contributed by atoms with van der Waals surface area (Å²) in [4.78, 5) is 30.3. The van der Waals surface area contributed by atoms with Crippen LogP contribution >= 0.6 is 0 Å². The molecule has 0 aliphatic rings. The summed E-state index contributed by atoms with van der Waals surface area (Å²) >= 11 is 0. The molecule has 4 heterocycles. The predicted octanol–water partition coefficient (Wildman–Crippen LogP) is 4.25. The van der Waals surface area contributed by atoms with Gasteiger partial charge in [0.05, 0.1) is 41.8 Å². The lowest BCUT2D eigenvalue weighted by molar-refractivity contribution is 0.0964. The topological polar surface area (TPSA) is 132 Å². The quantitative estimate of drug-likeness (QED) is 0.226. The van der Waals surface area contributed by atoms with E-state index in [4.69, 9.17) is 4.74 Å². The molecule has 5 rings (SSSR count). The van der Waals surface area contributed by atoms with Gasteiger partial charge >= 0.3 is 0 Å². The van der Waals surface area contributed by atoms with Crippen LogP contribution in [0.5, 0.6) is 0 Å². The summed E-state index contributed by atoms with van der Waals surface area (Å²) < 4.78 is 6.91. The van der Waals surface area contributed by atoms with E-state index in [1.807, 2.05) is 47.3 Å². The molecule has 0 saturated carbocycles. The second-order valence-electron chi connectivity index (χ2n) is 9.29. The Morgan fingerprint density at radius 2 is 1.95 bits per heavy atom. The molecule has 0 fully saturated rings. The molecule has 11 nitrogen and oxygen atoms in total. The standard InChI is InChI=1S/C29H31N9O2/c1-19(22-5-4-6-23-24(29(39)30-2)9-10-31-28(22)23)14-32-27-13-25(34-18-35-27)20-7-8-26(33-15-20)37-21-16-36-38(17-21)11-12-40-3/h4-10,13,15-19H,11-12,14H2,1-3H3,(H,30,39)(H,33,37)(H,32,34,35)/t19-/m1/s1. The maximum absolute atomic E-state index is 12.3. The van der Waals surface area contributed by atoms with Gasteiger partial charge in [0.2, 0.25) is 0 Å². The van der Waals surface area contributed by atoms with Gasteiger partial charge in [0.15, 0.2) is 0 Å². The summed E-state index contributed by atoms with van der Waals surface area (Å²) in [5.74, 6) is 1.40. The molecule has 5 aromatic rings. The van der Waals surface area contributed by atoms with Crippen LogP contribution in [0.4, 0.5) is 17.3 Å². The van der Waals surface area contributed by atoms with Gasteiger partial charge in [-0.1, -0.05) is 25.1 Å². The summed E-state index contributed by atoms with van der Waals surface area (Å²) in [6.07, 6.45) is 8.66. The highest BCUT2D eigenvalue weighted by Gasteiger charge is 2.15. The molecule has 1 amide bonds. The minimum atomic E-state index is -0.129. The molecule has 40 heavy (non-hydrogen) atoms. The van der Waals surface area contributed by atoms with Crippen molar-refractivity contribution in [1.82, 2.24) is 35.0 Å². The maximum Gasteiger partial charge on any atom is 0.251 e. The van der Waals surface area contributed by atoms with Crippen molar-refractivity contribution in [3.8, 4) is 11.3 Å². The molecule has 0 spiro atoms. The number of nitrogens with one attached hydrogen (secondary N) is 3. The van der Waals surface area contributed by atoms with E-state index in [0.717, 1.165) is 33.4 Å². The monoisotopic (exact) mass is 537 g/mol. The number of rotatable bonds is 11. The van der Waals surface area contributed by atoms with E-state index in [9.17, 15) is 4.79 Å². The van der Waals surface area contributed by atoms with Crippen LogP contribution in [-0.4, -0.2) is 62.9 Å². The molecule has 4 aromatic heterocycles. The number of hydrogen-bond acceptors (Lipinski definition) is 9. The highest BCUT2D eigenvalue weighted by molar-refractivity contribution is 6.06. The fourth-order valence-electron chi connectivity index (χ4n) is 4.41. The zero-order valence-electron chi connectivity index (χ0n) is 22.6. The Morgan fingerprint density at radius 3 is 2.75 bits per heavy atom. The number of nitrogens with zero attached hydrogens (tertiary/aromatic N) is 6. The first-order valence-electron chi connectivity index (χ1n) is 13.0. The van der Waals surface area contributed by atoms with Crippen molar-refractivity contribution in [3.63, 3.8) is 0 Å². The third kappa shape index (κ3) is 6.05. The number of para-hydroxylation sites is 1. The van der Waals surface area contributed by atoms with Crippen molar-refractivity contribution in [1.29, 1.82) is 0 Å². The second-order valence-corrected chi connectivity index (χ2v) is 9.29. The Kier molecular flexibility index (Phi) is 8.21. The first-order chi connectivity index (χ1) is 19.6. The fourth-order valence-corrected chi connectivity index (χ4v) is 4.41. The number of ether oxygens (including phenoxy) is 1. The number of benzene rings is 1. The van der Waals surface area contributed by atoms with E-state index >= 15 is 0 Å². The van der Waals surface area contributed by atoms with Gasteiger partial charge in [-0.05, 0) is 23.8 Å². The summed E-state index contributed by atoms with van der Waals surface area (Å²) in [5.41, 5.74) is 4.98. The minimum absolute atomic E-state index is 0.112. The predicted molar refractivity (Wildman–Crippen MR) is 155 cm³/mol. The minimum Gasteiger partial charge on any atom is -0.383 e.